The molecule has 0 N–H and O–H groups in total. The van der Waals surface area contributed by atoms with Gasteiger partial charge >= 0.3 is 0 Å². The second-order valence-electron chi connectivity index (χ2n) is 3.03. The van der Waals surface area contributed by atoms with Crippen molar-refractivity contribution < 1.29 is 0 Å². The lowest BCUT2D eigenvalue weighted by molar-refractivity contribution is 0.635. The van der Waals surface area contributed by atoms with Gasteiger partial charge in [-0.05, 0) is 27.6 Å². The van der Waals surface area contributed by atoms with Gasteiger partial charge in [0, 0.05) is 22.9 Å². The molecular weight excluding hydrogens is 258 g/mol. The highest BCUT2D eigenvalue weighted by molar-refractivity contribution is 9.10. The van der Waals surface area contributed by atoms with E-state index in [0.717, 1.165) is 5.56 Å². The maximum atomic E-state index is 11.5. The molecule has 5 heteroatoms. The number of hydrogen-bond donors (Lipinski definition) is 0. The Hall–Kier alpha value is -1.49. The molecule has 76 valence electrons. The van der Waals surface area contributed by atoms with Crippen LogP contribution in [0.2, 0.25) is 0 Å². The highest BCUT2D eigenvalue weighted by atomic mass is 79.9. The molecule has 0 saturated heterocycles. The molecule has 0 aromatic carbocycles. The van der Waals surface area contributed by atoms with E-state index in [1.165, 1.54) is 10.7 Å². The van der Waals surface area contributed by atoms with E-state index in [1.807, 2.05) is 12.1 Å². The van der Waals surface area contributed by atoms with Gasteiger partial charge in [-0.3, -0.25) is 9.78 Å². The van der Waals surface area contributed by atoms with E-state index in [1.54, 1.807) is 18.6 Å². The average molecular weight is 266 g/mol. The van der Waals surface area contributed by atoms with Gasteiger partial charge in [0.1, 0.15) is 0 Å². The molecule has 15 heavy (non-hydrogen) atoms. The van der Waals surface area contributed by atoms with Crippen molar-refractivity contribution in [3.05, 3.63) is 57.2 Å². The fourth-order valence-corrected chi connectivity index (χ4v) is 1.48. The van der Waals surface area contributed by atoms with E-state index in [2.05, 4.69) is 26.0 Å². The monoisotopic (exact) mass is 265 g/mol. The van der Waals surface area contributed by atoms with Gasteiger partial charge in [0.15, 0.2) is 0 Å². The van der Waals surface area contributed by atoms with Crippen molar-refractivity contribution in [2.45, 2.75) is 6.54 Å². The van der Waals surface area contributed by atoms with Crippen LogP contribution >= 0.6 is 15.9 Å². The third kappa shape index (κ3) is 2.50. The fraction of sp³-hybridized carbons (Fsp3) is 0.100. The first-order valence-corrected chi connectivity index (χ1v) is 5.16. The Morgan fingerprint density at radius 2 is 2.27 bits per heavy atom. The average Bonchev–Trinajstić information content (AvgIpc) is 2.24. The summed E-state index contributed by atoms with van der Waals surface area (Å²) in [5.41, 5.74) is 0.822. The van der Waals surface area contributed by atoms with Crippen LogP contribution in [-0.2, 0) is 6.54 Å². The summed E-state index contributed by atoms with van der Waals surface area (Å²) in [6.45, 7) is 0.444. The van der Waals surface area contributed by atoms with E-state index < -0.39 is 0 Å². The summed E-state index contributed by atoms with van der Waals surface area (Å²) in [5.74, 6) is 0. The van der Waals surface area contributed by atoms with Crippen molar-refractivity contribution in [3.63, 3.8) is 0 Å². The standard InChI is InChI=1S/C10H8BrN3O/c11-9-4-10(15)14(13-6-9)7-8-2-1-3-12-5-8/h1-6H,7H2. The summed E-state index contributed by atoms with van der Waals surface area (Å²) in [4.78, 5) is 15.5. The normalized spacial score (nSPS) is 10.2. The number of nitrogens with zero attached hydrogens (tertiary/aromatic N) is 3. The van der Waals surface area contributed by atoms with Crippen LogP contribution in [0.4, 0.5) is 0 Å². The van der Waals surface area contributed by atoms with E-state index in [0.29, 0.717) is 11.0 Å². The second kappa shape index (κ2) is 4.35. The van der Waals surface area contributed by atoms with E-state index in [9.17, 15) is 4.79 Å². The van der Waals surface area contributed by atoms with Crippen molar-refractivity contribution in [2.24, 2.45) is 0 Å². The zero-order chi connectivity index (χ0) is 10.7. The van der Waals surface area contributed by atoms with Crippen LogP contribution < -0.4 is 5.56 Å². The Balaban J connectivity index is 2.29. The van der Waals surface area contributed by atoms with E-state index in [-0.39, 0.29) is 5.56 Å². The van der Waals surface area contributed by atoms with Crippen molar-refractivity contribution in [3.8, 4) is 0 Å². The van der Waals surface area contributed by atoms with Crippen LogP contribution in [0.25, 0.3) is 0 Å². The van der Waals surface area contributed by atoms with Crippen LogP contribution in [0.1, 0.15) is 5.56 Å². The third-order valence-electron chi connectivity index (χ3n) is 1.89. The lowest BCUT2D eigenvalue weighted by atomic mass is 10.3. The summed E-state index contributed by atoms with van der Waals surface area (Å²) in [6.07, 6.45) is 5.01. The first-order chi connectivity index (χ1) is 7.25. The number of aromatic nitrogens is 3. The Labute approximate surface area is 94.7 Å². The highest BCUT2D eigenvalue weighted by Crippen LogP contribution is 2.02. The lowest BCUT2D eigenvalue weighted by Crippen LogP contribution is -2.22. The predicted molar refractivity (Wildman–Crippen MR) is 59.5 cm³/mol. The minimum Gasteiger partial charge on any atom is -0.268 e. The maximum absolute atomic E-state index is 11.5. The molecule has 4 nitrogen and oxygen atoms in total. The highest BCUT2D eigenvalue weighted by Gasteiger charge is 1.99. The van der Waals surface area contributed by atoms with Gasteiger partial charge in [0.05, 0.1) is 12.7 Å². The van der Waals surface area contributed by atoms with Crippen LogP contribution in [0.3, 0.4) is 0 Å². The Morgan fingerprint density at radius 1 is 1.40 bits per heavy atom. The molecular formula is C10H8BrN3O. The van der Waals surface area contributed by atoms with Crippen molar-refractivity contribution >= 4 is 15.9 Å². The summed E-state index contributed by atoms with van der Waals surface area (Å²) in [5, 5.41) is 4.00. The van der Waals surface area contributed by atoms with Crippen molar-refractivity contribution in [2.75, 3.05) is 0 Å². The first-order valence-electron chi connectivity index (χ1n) is 4.37. The minimum atomic E-state index is -0.131. The maximum Gasteiger partial charge on any atom is 0.268 e. The van der Waals surface area contributed by atoms with Crippen LogP contribution in [0.15, 0.2) is 46.1 Å². The van der Waals surface area contributed by atoms with Crippen LogP contribution in [0, 0.1) is 0 Å². The number of pyridine rings is 1. The number of rotatable bonds is 2. The lowest BCUT2D eigenvalue weighted by Gasteiger charge is -2.03. The van der Waals surface area contributed by atoms with Gasteiger partial charge in [-0.1, -0.05) is 6.07 Å². The minimum absolute atomic E-state index is 0.131. The zero-order valence-electron chi connectivity index (χ0n) is 7.80. The summed E-state index contributed by atoms with van der Waals surface area (Å²) in [6, 6.07) is 5.23. The molecule has 0 amide bonds. The summed E-state index contributed by atoms with van der Waals surface area (Å²) < 4.78 is 2.08. The molecule has 0 fully saturated rings. The Morgan fingerprint density at radius 3 is 2.93 bits per heavy atom. The molecule has 2 aromatic heterocycles. The van der Waals surface area contributed by atoms with Crippen LogP contribution in [0.5, 0.6) is 0 Å². The van der Waals surface area contributed by atoms with Gasteiger partial charge in [-0.15, -0.1) is 0 Å². The SMILES string of the molecule is O=c1cc(Br)cnn1Cc1cccnc1. The molecule has 0 bridgehead atoms. The third-order valence-corrected chi connectivity index (χ3v) is 2.33. The van der Waals surface area contributed by atoms with Gasteiger partial charge < -0.3 is 0 Å². The molecule has 2 heterocycles. The smallest absolute Gasteiger partial charge is 0.268 e. The molecule has 0 saturated carbocycles. The summed E-state index contributed by atoms with van der Waals surface area (Å²) in [7, 11) is 0. The second-order valence-corrected chi connectivity index (χ2v) is 3.95. The molecule has 2 aromatic rings. The number of halogens is 1. The quantitative estimate of drug-likeness (QED) is 0.826. The number of hydrogen-bond acceptors (Lipinski definition) is 3. The van der Waals surface area contributed by atoms with Gasteiger partial charge in [0.2, 0.25) is 0 Å². The summed E-state index contributed by atoms with van der Waals surface area (Å²) >= 11 is 3.19. The van der Waals surface area contributed by atoms with Gasteiger partial charge in [-0.25, -0.2) is 4.68 Å². The molecule has 0 aliphatic carbocycles. The molecule has 0 radical (unpaired) electrons. The molecule has 2 rings (SSSR count). The van der Waals surface area contributed by atoms with Gasteiger partial charge in [0.25, 0.3) is 5.56 Å². The van der Waals surface area contributed by atoms with E-state index >= 15 is 0 Å². The molecule has 0 spiro atoms. The van der Waals surface area contributed by atoms with Gasteiger partial charge in [-0.2, -0.15) is 5.10 Å². The molecule has 0 aliphatic heterocycles. The van der Waals surface area contributed by atoms with Crippen molar-refractivity contribution in [1.29, 1.82) is 0 Å². The Bertz CT molecular complexity index is 510. The molecule has 0 atom stereocenters. The van der Waals surface area contributed by atoms with Crippen molar-refractivity contribution in [1.82, 2.24) is 14.8 Å². The topological polar surface area (TPSA) is 47.8 Å². The van der Waals surface area contributed by atoms with E-state index in [4.69, 9.17) is 0 Å². The predicted octanol–water partition coefficient (Wildman–Crippen LogP) is 1.45. The Kier molecular flexibility index (Phi) is 2.91. The molecule has 0 unspecified atom stereocenters. The zero-order valence-corrected chi connectivity index (χ0v) is 9.39. The molecule has 0 aliphatic rings. The van der Waals surface area contributed by atoms with Crippen LogP contribution in [-0.4, -0.2) is 14.8 Å². The first kappa shape index (κ1) is 10.0. The fourth-order valence-electron chi connectivity index (χ4n) is 1.19. The largest absolute Gasteiger partial charge is 0.268 e.